The molecular weight excluding hydrogens is 493 g/mol. The number of halogens is 1. The summed E-state index contributed by atoms with van der Waals surface area (Å²) in [5.74, 6) is 0.257. The van der Waals surface area contributed by atoms with Crippen LogP contribution < -0.4 is 10.2 Å². The van der Waals surface area contributed by atoms with Crippen molar-refractivity contribution in [1.82, 2.24) is 10.3 Å². The van der Waals surface area contributed by atoms with Crippen LogP contribution >= 0.6 is 0 Å². The lowest BCUT2D eigenvalue weighted by molar-refractivity contribution is 0.0962. The molecule has 3 aromatic carbocycles. The van der Waals surface area contributed by atoms with E-state index in [2.05, 4.69) is 10.3 Å². The quantitative estimate of drug-likeness (QED) is 0.268. The first-order valence-corrected chi connectivity index (χ1v) is 12.8. The average molecular weight is 520 g/mol. The van der Waals surface area contributed by atoms with E-state index in [4.69, 9.17) is 4.42 Å². The van der Waals surface area contributed by atoms with Crippen LogP contribution in [0.1, 0.15) is 39.1 Å². The molecule has 0 atom stereocenters. The number of amides is 2. The SMILES string of the molecule is CNC(=O)c1c(-c2ccc(F)cc2)oc2ccc(-c3cc(C(=O)N(c4ccccn4)C4CC4)ccc3C)cc12. The van der Waals surface area contributed by atoms with Crippen LogP contribution in [0, 0.1) is 12.7 Å². The Morgan fingerprint density at radius 3 is 2.44 bits per heavy atom. The van der Waals surface area contributed by atoms with Crippen molar-refractivity contribution in [2.45, 2.75) is 25.8 Å². The van der Waals surface area contributed by atoms with Gasteiger partial charge in [-0.2, -0.15) is 0 Å². The molecule has 194 valence electrons. The Bertz CT molecular complexity index is 1710. The third-order valence-corrected chi connectivity index (χ3v) is 7.07. The number of benzene rings is 3. The third kappa shape index (κ3) is 4.56. The predicted molar refractivity (Wildman–Crippen MR) is 149 cm³/mol. The number of pyridine rings is 1. The molecule has 39 heavy (non-hydrogen) atoms. The first-order valence-electron chi connectivity index (χ1n) is 12.8. The topological polar surface area (TPSA) is 75.4 Å². The minimum atomic E-state index is -0.369. The van der Waals surface area contributed by atoms with Crippen LogP contribution in [0.4, 0.5) is 10.2 Å². The largest absolute Gasteiger partial charge is 0.455 e. The van der Waals surface area contributed by atoms with Gasteiger partial charge in [-0.3, -0.25) is 14.5 Å². The molecule has 2 amide bonds. The highest BCUT2D eigenvalue weighted by molar-refractivity contribution is 6.12. The maximum atomic E-state index is 13.7. The molecule has 1 fully saturated rings. The maximum absolute atomic E-state index is 13.7. The van der Waals surface area contributed by atoms with Crippen molar-refractivity contribution in [3.8, 4) is 22.5 Å². The van der Waals surface area contributed by atoms with Crippen LogP contribution in [0.3, 0.4) is 0 Å². The minimum Gasteiger partial charge on any atom is -0.455 e. The summed E-state index contributed by atoms with van der Waals surface area (Å²) in [5.41, 5.74) is 4.81. The molecule has 1 aliphatic rings. The highest BCUT2D eigenvalue weighted by Crippen LogP contribution is 2.38. The van der Waals surface area contributed by atoms with Crippen LogP contribution in [0.5, 0.6) is 0 Å². The van der Waals surface area contributed by atoms with Gasteiger partial charge in [0.05, 0.1) is 5.56 Å². The summed E-state index contributed by atoms with van der Waals surface area (Å²) >= 11 is 0. The molecule has 7 heteroatoms. The Morgan fingerprint density at radius 2 is 1.74 bits per heavy atom. The zero-order chi connectivity index (χ0) is 27.1. The number of nitrogens with zero attached hydrogens (tertiary/aromatic N) is 2. The van der Waals surface area contributed by atoms with E-state index in [0.717, 1.165) is 29.5 Å². The molecule has 6 nitrogen and oxygen atoms in total. The van der Waals surface area contributed by atoms with E-state index < -0.39 is 0 Å². The van der Waals surface area contributed by atoms with E-state index >= 15 is 0 Å². The summed E-state index contributed by atoms with van der Waals surface area (Å²) in [7, 11) is 1.56. The van der Waals surface area contributed by atoms with Gasteiger partial charge in [-0.1, -0.05) is 18.2 Å². The Hall–Kier alpha value is -4.78. The van der Waals surface area contributed by atoms with E-state index in [1.54, 1.807) is 30.3 Å². The Balaban J connectivity index is 1.44. The molecule has 0 radical (unpaired) electrons. The lowest BCUT2D eigenvalue weighted by Gasteiger charge is -2.22. The van der Waals surface area contributed by atoms with E-state index in [9.17, 15) is 14.0 Å². The van der Waals surface area contributed by atoms with E-state index in [1.165, 1.54) is 12.1 Å². The van der Waals surface area contributed by atoms with Gasteiger partial charge in [-0.25, -0.2) is 9.37 Å². The van der Waals surface area contributed by atoms with Gasteiger partial charge < -0.3 is 9.73 Å². The summed E-state index contributed by atoms with van der Waals surface area (Å²) in [4.78, 5) is 32.9. The fourth-order valence-corrected chi connectivity index (χ4v) is 4.91. The fraction of sp³-hybridized carbons (Fsp3) is 0.156. The number of carbonyl (C=O) groups is 2. The van der Waals surface area contributed by atoms with Crippen molar-refractivity contribution in [3.05, 3.63) is 108 Å². The number of aryl methyl sites for hydroxylation is 1. The van der Waals surface area contributed by atoms with Crippen molar-refractivity contribution in [2.24, 2.45) is 0 Å². The summed E-state index contributed by atoms with van der Waals surface area (Å²) in [5, 5.41) is 3.33. The van der Waals surface area contributed by atoms with Gasteiger partial charge in [-0.15, -0.1) is 0 Å². The van der Waals surface area contributed by atoms with Crippen molar-refractivity contribution in [3.63, 3.8) is 0 Å². The zero-order valence-electron chi connectivity index (χ0n) is 21.6. The van der Waals surface area contributed by atoms with Crippen LogP contribution in [0.2, 0.25) is 0 Å². The second-order valence-corrected chi connectivity index (χ2v) is 9.73. The average Bonchev–Trinajstić information content (AvgIpc) is 3.72. The van der Waals surface area contributed by atoms with Gasteiger partial charge in [0.15, 0.2) is 0 Å². The van der Waals surface area contributed by atoms with E-state index in [1.807, 2.05) is 61.5 Å². The molecule has 0 saturated heterocycles. The van der Waals surface area contributed by atoms with Gasteiger partial charge in [0.25, 0.3) is 11.8 Å². The monoisotopic (exact) mass is 519 g/mol. The summed E-state index contributed by atoms with van der Waals surface area (Å²) in [6.07, 6.45) is 3.61. The minimum absolute atomic E-state index is 0.0912. The molecule has 1 N–H and O–H groups in total. The highest BCUT2D eigenvalue weighted by Gasteiger charge is 2.35. The van der Waals surface area contributed by atoms with Crippen LogP contribution in [-0.4, -0.2) is 29.9 Å². The van der Waals surface area contributed by atoms with Crippen LogP contribution in [0.15, 0.2) is 89.5 Å². The van der Waals surface area contributed by atoms with Gasteiger partial charge >= 0.3 is 0 Å². The first kappa shape index (κ1) is 24.6. The molecule has 2 heterocycles. The molecular formula is C32H26FN3O3. The lowest BCUT2D eigenvalue weighted by Crippen LogP contribution is -2.33. The highest BCUT2D eigenvalue weighted by atomic mass is 19.1. The number of carbonyl (C=O) groups excluding carboxylic acids is 2. The van der Waals surface area contributed by atoms with Crippen molar-refractivity contribution in [1.29, 1.82) is 0 Å². The zero-order valence-corrected chi connectivity index (χ0v) is 21.6. The Morgan fingerprint density at radius 1 is 0.974 bits per heavy atom. The fourth-order valence-electron chi connectivity index (χ4n) is 4.91. The standard InChI is InChI=1S/C32H26FN3O3/c1-19-6-7-22(32(38)36(24-13-14-24)28-5-3-4-16-35-28)18-25(19)21-10-15-27-26(17-21)29(31(37)34-2)30(39-27)20-8-11-23(33)12-9-20/h3-12,15-18,24H,13-14H2,1-2H3,(H,34,37). The number of furan rings is 1. The number of rotatable bonds is 6. The molecule has 2 aromatic heterocycles. The number of nitrogens with one attached hydrogen (secondary N) is 1. The number of aromatic nitrogens is 1. The number of anilines is 1. The van der Waals surface area contributed by atoms with Gasteiger partial charge in [0.2, 0.25) is 0 Å². The van der Waals surface area contributed by atoms with Crippen molar-refractivity contribution < 1.29 is 18.4 Å². The molecule has 0 bridgehead atoms. The summed E-state index contributed by atoms with van der Waals surface area (Å²) < 4.78 is 19.6. The number of fused-ring (bicyclic) bond motifs is 1. The van der Waals surface area contributed by atoms with E-state index in [-0.39, 0.29) is 23.7 Å². The van der Waals surface area contributed by atoms with Crippen LogP contribution in [-0.2, 0) is 0 Å². The molecule has 0 spiro atoms. The lowest BCUT2D eigenvalue weighted by atomic mass is 9.95. The molecule has 0 aliphatic heterocycles. The maximum Gasteiger partial charge on any atom is 0.259 e. The van der Waals surface area contributed by atoms with Gasteiger partial charge in [-0.05, 0) is 97.1 Å². The molecule has 1 aliphatic carbocycles. The van der Waals surface area contributed by atoms with E-state index in [0.29, 0.717) is 39.2 Å². The van der Waals surface area contributed by atoms with Gasteiger partial charge in [0, 0.05) is 35.8 Å². The number of hydrogen-bond donors (Lipinski definition) is 1. The Kier molecular flexibility index (Phi) is 6.19. The van der Waals surface area contributed by atoms with Crippen molar-refractivity contribution in [2.75, 3.05) is 11.9 Å². The third-order valence-electron chi connectivity index (χ3n) is 7.07. The molecule has 5 aromatic rings. The molecule has 6 rings (SSSR count). The molecule has 1 saturated carbocycles. The normalized spacial score (nSPS) is 12.9. The van der Waals surface area contributed by atoms with Gasteiger partial charge in [0.1, 0.15) is 23.0 Å². The summed E-state index contributed by atoms with van der Waals surface area (Å²) in [6.45, 7) is 1.99. The Labute approximate surface area is 225 Å². The predicted octanol–water partition coefficient (Wildman–Crippen LogP) is 6.78. The second kappa shape index (κ2) is 9.83. The van der Waals surface area contributed by atoms with Crippen LogP contribution in [0.25, 0.3) is 33.4 Å². The number of hydrogen-bond acceptors (Lipinski definition) is 4. The summed E-state index contributed by atoms with van der Waals surface area (Å²) in [6, 6.07) is 22.9. The molecule has 0 unspecified atom stereocenters. The second-order valence-electron chi connectivity index (χ2n) is 9.73. The smallest absolute Gasteiger partial charge is 0.259 e. The van der Waals surface area contributed by atoms with Crippen molar-refractivity contribution >= 4 is 28.6 Å². The first-order chi connectivity index (χ1) is 18.9.